The Kier molecular flexibility index (Phi) is 4.71. The van der Waals surface area contributed by atoms with Crippen LogP contribution in [0.2, 0.25) is 0 Å². The summed E-state index contributed by atoms with van der Waals surface area (Å²) in [6, 6.07) is 3.55. The van der Waals surface area contributed by atoms with Gasteiger partial charge in [0, 0.05) is 25.2 Å². The molecule has 25 heavy (non-hydrogen) atoms. The topological polar surface area (TPSA) is 93.4 Å². The van der Waals surface area contributed by atoms with Crippen molar-refractivity contribution in [1.29, 1.82) is 0 Å². The molecule has 8 nitrogen and oxygen atoms in total. The van der Waals surface area contributed by atoms with E-state index in [4.69, 9.17) is 4.74 Å². The van der Waals surface area contributed by atoms with Gasteiger partial charge in [0.15, 0.2) is 0 Å². The minimum absolute atomic E-state index is 0.160. The molecule has 0 radical (unpaired) electrons. The van der Waals surface area contributed by atoms with E-state index in [9.17, 15) is 9.90 Å². The van der Waals surface area contributed by atoms with Gasteiger partial charge in [-0.2, -0.15) is 0 Å². The molecule has 1 N–H and O–H groups in total. The van der Waals surface area contributed by atoms with E-state index in [1.807, 2.05) is 20.8 Å². The maximum absolute atomic E-state index is 12.8. The predicted octanol–water partition coefficient (Wildman–Crippen LogP) is 1.39. The quantitative estimate of drug-likeness (QED) is 0.880. The monoisotopic (exact) mass is 345 g/mol. The maximum Gasteiger partial charge on any atom is 0.259 e. The highest BCUT2D eigenvalue weighted by Gasteiger charge is 2.42. The van der Waals surface area contributed by atoms with Gasteiger partial charge >= 0.3 is 0 Å². The third kappa shape index (κ3) is 3.34. The third-order valence-corrected chi connectivity index (χ3v) is 4.33. The zero-order valence-electron chi connectivity index (χ0n) is 14.7. The average Bonchev–Trinajstić information content (AvgIpc) is 3.23. The SMILES string of the molecule is CCOc1ncccc1C(=O)N1CC[C@@](O)(c2cn(C(C)C)nn2)C1. The Morgan fingerprint density at radius 3 is 2.96 bits per heavy atom. The second-order valence-electron chi connectivity index (χ2n) is 6.47. The van der Waals surface area contributed by atoms with Gasteiger partial charge in [0.2, 0.25) is 5.88 Å². The third-order valence-electron chi connectivity index (χ3n) is 4.33. The number of aromatic nitrogens is 4. The lowest BCUT2D eigenvalue weighted by atomic mass is 10.00. The van der Waals surface area contributed by atoms with Crippen molar-refractivity contribution in [2.45, 2.75) is 38.8 Å². The molecule has 0 unspecified atom stereocenters. The summed E-state index contributed by atoms with van der Waals surface area (Å²) in [6.07, 6.45) is 3.75. The molecule has 0 bridgehead atoms. The van der Waals surface area contributed by atoms with Crippen molar-refractivity contribution in [3.05, 3.63) is 35.8 Å². The molecule has 2 aromatic rings. The van der Waals surface area contributed by atoms with Crippen LogP contribution in [0.1, 0.15) is 49.3 Å². The van der Waals surface area contributed by atoms with Crippen molar-refractivity contribution in [3.63, 3.8) is 0 Å². The fourth-order valence-corrected chi connectivity index (χ4v) is 2.89. The van der Waals surface area contributed by atoms with Crippen LogP contribution in [0.4, 0.5) is 0 Å². The Labute approximate surface area is 146 Å². The highest BCUT2D eigenvalue weighted by atomic mass is 16.5. The van der Waals surface area contributed by atoms with Crippen molar-refractivity contribution >= 4 is 5.91 Å². The van der Waals surface area contributed by atoms with Gasteiger partial charge in [-0.15, -0.1) is 5.10 Å². The van der Waals surface area contributed by atoms with Gasteiger partial charge in [-0.1, -0.05) is 5.21 Å². The molecule has 2 aromatic heterocycles. The molecule has 3 rings (SSSR count). The van der Waals surface area contributed by atoms with Crippen LogP contribution in [0.25, 0.3) is 0 Å². The Bertz CT molecular complexity index is 760. The summed E-state index contributed by atoms with van der Waals surface area (Å²) in [5.41, 5.74) is -0.288. The first-order chi connectivity index (χ1) is 11.9. The number of ether oxygens (including phenoxy) is 1. The van der Waals surface area contributed by atoms with Crippen molar-refractivity contribution < 1.29 is 14.6 Å². The van der Waals surface area contributed by atoms with E-state index in [0.717, 1.165) is 0 Å². The lowest BCUT2D eigenvalue weighted by Gasteiger charge is -2.21. The fourth-order valence-electron chi connectivity index (χ4n) is 2.89. The number of amides is 1. The summed E-state index contributed by atoms with van der Waals surface area (Å²) in [7, 11) is 0. The second kappa shape index (κ2) is 6.79. The molecule has 3 heterocycles. The Hall–Kier alpha value is -2.48. The highest BCUT2D eigenvalue weighted by molar-refractivity contribution is 5.96. The van der Waals surface area contributed by atoms with Gasteiger partial charge in [-0.3, -0.25) is 4.79 Å². The summed E-state index contributed by atoms with van der Waals surface area (Å²) in [5.74, 6) is 0.111. The highest BCUT2D eigenvalue weighted by Crippen LogP contribution is 2.32. The molecule has 134 valence electrons. The number of β-amino-alcohol motifs (C(OH)–C–C–N with tert-alkyl or cyclic N) is 1. The minimum Gasteiger partial charge on any atom is -0.477 e. The van der Waals surface area contributed by atoms with E-state index < -0.39 is 5.60 Å². The number of hydrogen-bond donors (Lipinski definition) is 1. The molecule has 1 aliphatic heterocycles. The largest absolute Gasteiger partial charge is 0.477 e. The van der Waals surface area contributed by atoms with Crippen LogP contribution < -0.4 is 4.74 Å². The first-order valence-corrected chi connectivity index (χ1v) is 8.46. The number of carbonyl (C=O) groups excluding carboxylic acids is 1. The number of nitrogens with zero attached hydrogens (tertiary/aromatic N) is 5. The summed E-state index contributed by atoms with van der Waals surface area (Å²) in [5, 5.41) is 19.1. The lowest BCUT2D eigenvalue weighted by Crippen LogP contribution is -2.35. The molecule has 1 atom stereocenters. The first-order valence-electron chi connectivity index (χ1n) is 8.46. The Balaban J connectivity index is 1.79. The normalized spacial score (nSPS) is 20.3. The number of hydrogen-bond acceptors (Lipinski definition) is 6. The number of carbonyl (C=O) groups is 1. The van der Waals surface area contributed by atoms with E-state index in [0.29, 0.717) is 36.7 Å². The molecule has 8 heteroatoms. The van der Waals surface area contributed by atoms with Gasteiger partial charge < -0.3 is 14.7 Å². The van der Waals surface area contributed by atoms with Gasteiger partial charge in [-0.05, 0) is 32.9 Å². The molecule has 1 amide bonds. The summed E-state index contributed by atoms with van der Waals surface area (Å²) >= 11 is 0. The lowest BCUT2D eigenvalue weighted by molar-refractivity contribution is 0.0380. The summed E-state index contributed by atoms with van der Waals surface area (Å²) in [6.45, 7) is 6.86. The molecular weight excluding hydrogens is 322 g/mol. The van der Waals surface area contributed by atoms with Crippen molar-refractivity contribution in [1.82, 2.24) is 24.9 Å². The standard InChI is InChI=1S/C17H23N5O3/c1-4-25-15-13(6-5-8-18-15)16(23)21-9-7-17(24,11-21)14-10-22(12(2)3)20-19-14/h5-6,8,10,12,24H,4,7,9,11H2,1-3H3/t17-/m0/s1. The number of rotatable bonds is 5. The minimum atomic E-state index is -1.18. The Morgan fingerprint density at radius 2 is 2.28 bits per heavy atom. The summed E-state index contributed by atoms with van der Waals surface area (Å²) in [4.78, 5) is 18.6. The molecular formula is C17H23N5O3. The zero-order chi connectivity index (χ0) is 18.0. The second-order valence-corrected chi connectivity index (χ2v) is 6.47. The predicted molar refractivity (Wildman–Crippen MR) is 90.2 cm³/mol. The van der Waals surface area contributed by atoms with Crippen LogP contribution in [0.3, 0.4) is 0 Å². The number of aliphatic hydroxyl groups is 1. The van der Waals surface area contributed by atoms with Crippen molar-refractivity contribution in [2.24, 2.45) is 0 Å². The van der Waals surface area contributed by atoms with Crippen LogP contribution in [0.15, 0.2) is 24.5 Å². The van der Waals surface area contributed by atoms with E-state index in [1.165, 1.54) is 0 Å². The number of pyridine rings is 1. The average molecular weight is 345 g/mol. The van der Waals surface area contributed by atoms with Gasteiger partial charge in [-0.25, -0.2) is 9.67 Å². The smallest absolute Gasteiger partial charge is 0.259 e. The van der Waals surface area contributed by atoms with Crippen LogP contribution in [0, 0.1) is 0 Å². The van der Waals surface area contributed by atoms with Crippen molar-refractivity contribution in [3.8, 4) is 5.88 Å². The fraction of sp³-hybridized carbons (Fsp3) is 0.529. The molecule has 0 spiro atoms. The molecule has 1 aliphatic rings. The van der Waals surface area contributed by atoms with Crippen LogP contribution in [-0.4, -0.2) is 55.6 Å². The molecule has 1 saturated heterocycles. The van der Waals surface area contributed by atoms with Crippen molar-refractivity contribution in [2.75, 3.05) is 19.7 Å². The van der Waals surface area contributed by atoms with E-state index in [2.05, 4.69) is 15.3 Å². The van der Waals surface area contributed by atoms with Crippen LogP contribution in [0.5, 0.6) is 5.88 Å². The van der Waals surface area contributed by atoms with E-state index in [1.54, 1.807) is 34.1 Å². The molecule has 0 saturated carbocycles. The molecule has 1 fully saturated rings. The zero-order valence-corrected chi connectivity index (χ0v) is 14.7. The van der Waals surface area contributed by atoms with Crippen LogP contribution >= 0.6 is 0 Å². The van der Waals surface area contributed by atoms with Gasteiger partial charge in [0.1, 0.15) is 16.9 Å². The van der Waals surface area contributed by atoms with Gasteiger partial charge in [0.05, 0.1) is 19.3 Å². The van der Waals surface area contributed by atoms with Gasteiger partial charge in [0.25, 0.3) is 5.91 Å². The molecule has 0 aliphatic carbocycles. The molecule has 0 aromatic carbocycles. The maximum atomic E-state index is 12.8. The summed E-state index contributed by atoms with van der Waals surface area (Å²) < 4.78 is 7.14. The number of likely N-dealkylation sites (tertiary alicyclic amines) is 1. The first kappa shape index (κ1) is 17.3. The van der Waals surface area contributed by atoms with E-state index >= 15 is 0 Å². The van der Waals surface area contributed by atoms with E-state index in [-0.39, 0.29) is 18.5 Å². The van der Waals surface area contributed by atoms with Crippen LogP contribution in [-0.2, 0) is 5.60 Å². The Morgan fingerprint density at radius 1 is 1.48 bits per heavy atom.